The predicted octanol–water partition coefficient (Wildman–Crippen LogP) is 1.20. The minimum atomic E-state index is 0.546. The highest BCUT2D eigenvalue weighted by Gasteiger charge is 2.27. The van der Waals surface area contributed by atoms with Crippen molar-refractivity contribution in [2.45, 2.75) is 39.3 Å². The van der Waals surface area contributed by atoms with Crippen molar-refractivity contribution < 1.29 is 4.52 Å². The van der Waals surface area contributed by atoms with Crippen molar-refractivity contribution in [2.75, 3.05) is 7.05 Å². The molecule has 0 spiro atoms. The molecule has 0 atom stereocenters. The maximum Gasteiger partial charge on any atom is 0.191 e. The smallest absolute Gasteiger partial charge is 0.191 e. The second kappa shape index (κ2) is 4.15. The van der Waals surface area contributed by atoms with Gasteiger partial charge in [0.15, 0.2) is 5.96 Å². The fraction of sp³-hybridized carbons (Fsp3) is 0.636. The highest BCUT2D eigenvalue weighted by molar-refractivity contribution is 5.78. The highest BCUT2D eigenvalue weighted by atomic mass is 16.5. The molecule has 1 aromatic heterocycles. The number of guanidine groups is 1. The van der Waals surface area contributed by atoms with Gasteiger partial charge in [-0.2, -0.15) is 0 Å². The monoisotopic (exact) mass is 222 g/mol. The van der Waals surface area contributed by atoms with Crippen molar-refractivity contribution in [3.8, 4) is 0 Å². The molecule has 2 N–H and O–H groups in total. The number of nitrogens with two attached hydrogens (primary N) is 1. The first-order chi connectivity index (χ1) is 7.59. The van der Waals surface area contributed by atoms with Crippen LogP contribution in [-0.2, 0) is 6.54 Å². The van der Waals surface area contributed by atoms with Crippen molar-refractivity contribution in [1.82, 2.24) is 10.1 Å². The van der Waals surface area contributed by atoms with E-state index in [0.717, 1.165) is 17.0 Å². The van der Waals surface area contributed by atoms with Gasteiger partial charge >= 0.3 is 0 Å². The summed E-state index contributed by atoms with van der Waals surface area (Å²) in [6.45, 7) is 4.36. The van der Waals surface area contributed by atoms with E-state index in [1.54, 1.807) is 0 Å². The Balaban J connectivity index is 2.02. The first-order valence-corrected chi connectivity index (χ1v) is 5.54. The molecular formula is C11H18N4O. The lowest BCUT2D eigenvalue weighted by Gasteiger charge is -2.16. The molecule has 0 amide bonds. The van der Waals surface area contributed by atoms with Gasteiger partial charge in [0.05, 0.1) is 12.2 Å². The van der Waals surface area contributed by atoms with Gasteiger partial charge in [-0.25, -0.2) is 4.99 Å². The Morgan fingerprint density at radius 2 is 2.25 bits per heavy atom. The molecule has 2 rings (SSSR count). The third kappa shape index (κ3) is 2.18. The third-order valence-electron chi connectivity index (χ3n) is 3.04. The SMILES string of the molecule is Cc1noc(C)c1CN=C(N)N(C)C1CC1. The minimum absolute atomic E-state index is 0.546. The predicted molar refractivity (Wildman–Crippen MR) is 62.1 cm³/mol. The molecule has 5 heteroatoms. The van der Waals surface area contributed by atoms with Gasteiger partial charge in [0.25, 0.3) is 0 Å². The number of rotatable bonds is 3. The summed E-state index contributed by atoms with van der Waals surface area (Å²) < 4.78 is 5.07. The number of aryl methyl sites for hydroxylation is 2. The number of nitrogens with zero attached hydrogens (tertiary/aromatic N) is 3. The van der Waals surface area contributed by atoms with Gasteiger partial charge in [0.1, 0.15) is 5.76 Å². The summed E-state index contributed by atoms with van der Waals surface area (Å²) in [6, 6.07) is 0.591. The van der Waals surface area contributed by atoms with E-state index in [1.165, 1.54) is 12.8 Å². The number of hydrogen-bond acceptors (Lipinski definition) is 3. The van der Waals surface area contributed by atoms with Crippen molar-refractivity contribution >= 4 is 5.96 Å². The molecule has 0 saturated heterocycles. The van der Waals surface area contributed by atoms with Gasteiger partial charge in [0.2, 0.25) is 0 Å². The van der Waals surface area contributed by atoms with Crippen LogP contribution >= 0.6 is 0 Å². The molecule has 5 nitrogen and oxygen atoms in total. The van der Waals surface area contributed by atoms with E-state index in [-0.39, 0.29) is 0 Å². The lowest BCUT2D eigenvalue weighted by Crippen LogP contribution is -2.35. The zero-order chi connectivity index (χ0) is 11.7. The van der Waals surface area contributed by atoms with Gasteiger partial charge in [0, 0.05) is 18.7 Å². The molecule has 0 bridgehead atoms. The van der Waals surface area contributed by atoms with E-state index >= 15 is 0 Å². The maximum absolute atomic E-state index is 5.90. The van der Waals surface area contributed by atoms with Crippen LogP contribution in [0.1, 0.15) is 29.9 Å². The third-order valence-corrected chi connectivity index (χ3v) is 3.04. The normalized spacial score (nSPS) is 16.6. The topological polar surface area (TPSA) is 67.6 Å². The zero-order valence-electron chi connectivity index (χ0n) is 10.0. The van der Waals surface area contributed by atoms with Gasteiger partial charge in [-0.3, -0.25) is 0 Å². The molecule has 1 fully saturated rings. The van der Waals surface area contributed by atoms with Crippen LogP contribution in [0.2, 0.25) is 0 Å². The molecule has 0 unspecified atom stereocenters. The van der Waals surface area contributed by atoms with Crippen LogP contribution in [-0.4, -0.2) is 29.1 Å². The second-order valence-corrected chi connectivity index (χ2v) is 4.32. The van der Waals surface area contributed by atoms with Crippen LogP contribution in [0.3, 0.4) is 0 Å². The summed E-state index contributed by atoms with van der Waals surface area (Å²) in [7, 11) is 1.99. The Hall–Kier alpha value is -1.52. The molecule has 0 aromatic carbocycles. The highest BCUT2D eigenvalue weighted by Crippen LogP contribution is 2.25. The van der Waals surface area contributed by atoms with Crippen molar-refractivity contribution in [3.05, 3.63) is 17.0 Å². The number of aliphatic imine (C=N–C) groups is 1. The van der Waals surface area contributed by atoms with Crippen LogP contribution in [0.4, 0.5) is 0 Å². The lowest BCUT2D eigenvalue weighted by atomic mass is 10.2. The molecule has 1 aliphatic rings. The first-order valence-electron chi connectivity index (χ1n) is 5.54. The van der Waals surface area contributed by atoms with E-state index in [9.17, 15) is 0 Å². The zero-order valence-corrected chi connectivity index (χ0v) is 10.0. The van der Waals surface area contributed by atoms with E-state index < -0.39 is 0 Å². The summed E-state index contributed by atoms with van der Waals surface area (Å²) in [6.07, 6.45) is 2.44. The Labute approximate surface area is 95.3 Å². The lowest BCUT2D eigenvalue weighted by molar-refractivity contribution is 0.392. The Morgan fingerprint density at radius 3 is 2.75 bits per heavy atom. The second-order valence-electron chi connectivity index (χ2n) is 4.32. The van der Waals surface area contributed by atoms with Crippen molar-refractivity contribution in [1.29, 1.82) is 0 Å². The first kappa shape index (κ1) is 11.0. The standard InChI is InChI=1S/C11H18N4O/c1-7-10(8(2)16-14-7)6-13-11(12)15(3)9-4-5-9/h9H,4-6H2,1-3H3,(H2,12,13). The molecule has 16 heavy (non-hydrogen) atoms. The van der Waals surface area contributed by atoms with E-state index in [1.807, 2.05) is 25.8 Å². The van der Waals surface area contributed by atoms with Gasteiger partial charge < -0.3 is 15.2 Å². The molecule has 1 aromatic rings. The minimum Gasteiger partial charge on any atom is -0.370 e. The molecule has 1 aliphatic carbocycles. The van der Waals surface area contributed by atoms with Crippen LogP contribution < -0.4 is 5.73 Å². The summed E-state index contributed by atoms with van der Waals surface area (Å²) in [5.74, 6) is 1.42. The molecular weight excluding hydrogens is 204 g/mol. The Morgan fingerprint density at radius 1 is 1.56 bits per heavy atom. The average Bonchev–Trinajstić information content (AvgIpc) is 3.04. The van der Waals surface area contributed by atoms with Crippen LogP contribution in [0.15, 0.2) is 9.52 Å². The molecule has 0 radical (unpaired) electrons. The largest absolute Gasteiger partial charge is 0.370 e. The quantitative estimate of drug-likeness (QED) is 0.616. The molecule has 1 saturated carbocycles. The maximum atomic E-state index is 5.90. The van der Waals surface area contributed by atoms with E-state index in [4.69, 9.17) is 10.3 Å². The van der Waals surface area contributed by atoms with Crippen molar-refractivity contribution in [3.63, 3.8) is 0 Å². The summed E-state index contributed by atoms with van der Waals surface area (Å²) in [5, 5.41) is 3.89. The van der Waals surface area contributed by atoms with Crippen LogP contribution in [0, 0.1) is 13.8 Å². The fourth-order valence-electron chi connectivity index (χ4n) is 1.65. The molecule has 1 heterocycles. The Kier molecular flexibility index (Phi) is 2.85. The van der Waals surface area contributed by atoms with Gasteiger partial charge in [-0.05, 0) is 26.7 Å². The van der Waals surface area contributed by atoms with Crippen molar-refractivity contribution in [2.24, 2.45) is 10.7 Å². The number of aromatic nitrogens is 1. The molecule has 0 aliphatic heterocycles. The summed E-state index contributed by atoms with van der Waals surface area (Å²) in [4.78, 5) is 6.41. The number of hydrogen-bond donors (Lipinski definition) is 1. The van der Waals surface area contributed by atoms with Crippen LogP contribution in [0.25, 0.3) is 0 Å². The van der Waals surface area contributed by atoms with Crippen LogP contribution in [0.5, 0.6) is 0 Å². The van der Waals surface area contributed by atoms with Gasteiger partial charge in [-0.15, -0.1) is 0 Å². The Bertz CT molecular complexity index is 387. The summed E-state index contributed by atoms with van der Waals surface area (Å²) >= 11 is 0. The van der Waals surface area contributed by atoms with E-state index in [0.29, 0.717) is 18.5 Å². The molecule has 88 valence electrons. The summed E-state index contributed by atoms with van der Waals surface area (Å²) in [5.41, 5.74) is 7.83. The fourth-order valence-corrected chi connectivity index (χ4v) is 1.65. The van der Waals surface area contributed by atoms with E-state index in [2.05, 4.69) is 10.1 Å². The average molecular weight is 222 g/mol. The van der Waals surface area contributed by atoms with Gasteiger partial charge in [-0.1, -0.05) is 5.16 Å².